The summed E-state index contributed by atoms with van der Waals surface area (Å²) in [6, 6.07) is 9.22. The largest absolute Gasteiger partial charge is 0.497 e. The lowest BCUT2D eigenvalue weighted by atomic mass is 10.1. The number of methoxy groups -OCH3 is 1. The van der Waals surface area contributed by atoms with Gasteiger partial charge >= 0.3 is 0 Å². The maximum absolute atomic E-state index is 5.20. The molecule has 1 unspecified atom stereocenters. The summed E-state index contributed by atoms with van der Waals surface area (Å²) in [4.78, 5) is 5.21. The van der Waals surface area contributed by atoms with Gasteiger partial charge in [-0.3, -0.25) is 9.80 Å². The summed E-state index contributed by atoms with van der Waals surface area (Å²) in [5.74, 6) is 0.937. The fraction of sp³-hybridized carbons (Fsp3) is 0.625. The Labute approximate surface area is 121 Å². The van der Waals surface area contributed by atoms with E-state index in [4.69, 9.17) is 4.74 Å². The summed E-state index contributed by atoms with van der Waals surface area (Å²) in [5, 5.41) is 3.46. The molecule has 1 N–H and O–H groups in total. The molecule has 0 saturated carbocycles. The van der Waals surface area contributed by atoms with Crippen molar-refractivity contribution in [1.82, 2.24) is 15.1 Å². The number of ether oxygens (including phenoxy) is 1. The van der Waals surface area contributed by atoms with Gasteiger partial charge in [0.1, 0.15) is 5.75 Å². The van der Waals surface area contributed by atoms with Crippen LogP contribution >= 0.6 is 0 Å². The molecular formula is C16H25N3O. The van der Waals surface area contributed by atoms with Crippen molar-refractivity contribution in [3.05, 3.63) is 29.8 Å². The van der Waals surface area contributed by atoms with Crippen molar-refractivity contribution in [1.29, 1.82) is 0 Å². The standard InChI is InChI=1S/C16H25N3O/c1-20-16-4-2-14(3-5-16)13-18-8-10-19(11-9-18)15-6-7-17-12-15/h2-5,15,17H,6-13H2,1H3. The Kier molecular flexibility index (Phi) is 4.55. The van der Waals surface area contributed by atoms with Gasteiger partial charge in [-0.05, 0) is 30.7 Å². The highest BCUT2D eigenvalue weighted by molar-refractivity contribution is 5.27. The minimum absolute atomic E-state index is 0.776. The van der Waals surface area contributed by atoms with Crippen LogP contribution in [0.5, 0.6) is 5.75 Å². The molecule has 0 aromatic heterocycles. The second kappa shape index (κ2) is 6.57. The Morgan fingerprint density at radius 3 is 2.50 bits per heavy atom. The average molecular weight is 275 g/mol. The fourth-order valence-electron chi connectivity index (χ4n) is 3.23. The number of piperazine rings is 1. The Balaban J connectivity index is 1.47. The van der Waals surface area contributed by atoms with Gasteiger partial charge in [-0.2, -0.15) is 0 Å². The predicted molar refractivity (Wildman–Crippen MR) is 81.1 cm³/mol. The average Bonchev–Trinajstić information content (AvgIpc) is 3.03. The third kappa shape index (κ3) is 3.32. The number of nitrogens with one attached hydrogen (secondary N) is 1. The molecule has 4 nitrogen and oxygen atoms in total. The Morgan fingerprint density at radius 2 is 1.90 bits per heavy atom. The number of hydrogen-bond acceptors (Lipinski definition) is 4. The molecule has 4 heteroatoms. The predicted octanol–water partition coefficient (Wildman–Crippen LogP) is 1.17. The van der Waals surface area contributed by atoms with Crippen molar-refractivity contribution in [3.8, 4) is 5.75 Å². The highest BCUT2D eigenvalue weighted by Gasteiger charge is 2.25. The molecule has 0 radical (unpaired) electrons. The van der Waals surface area contributed by atoms with Crippen LogP contribution in [0.1, 0.15) is 12.0 Å². The number of hydrogen-bond donors (Lipinski definition) is 1. The van der Waals surface area contributed by atoms with Gasteiger partial charge in [0.2, 0.25) is 0 Å². The van der Waals surface area contributed by atoms with E-state index in [2.05, 4.69) is 39.4 Å². The molecule has 2 heterocycles. The molecule has 2 fully saturated rings. The second-order valence-electron chi connectivity index (χ2n) is 5.81. The van der Waals surface area contributed by atoms with Gasteiger partial charge in [-0.15, -0.1) is 0 Å². The minimum atomic E-state index is 0.776. The van der Waals surface area contributed by atoms with E-state index in [-0.39, 0.29) is 0 Å². The van der Waals surface area contributed by atoms with E-state index in [9.17, 15) is 0 Å². The van der Waals surface area contributed by atoms with E-state index in [0.717, 1.165) is 18.3 Å². The molecule has 3 rings (SSSR count). The summed E-state index contributed by atoms with van der Waals surface area (Å²) < 4.78 is 5.20. The first-order chi connectivity index (χ1) is 9.85. The van der Waals surface area contributed by atoms with Crippen molar-refractivity contribution in [2.24, 2.45) is 0 Å². The zero-order valence-electron chi connectivity index (χ0n) is 12.3. The molecule has 0 bridgehead atoms. The van der Waals surface area contributed by atoms with Crippen LogP contribution in [0.2, 0.25) is 0 Å². The first-order valence-electron chi connectivity index (χ1n) is 7.65. The molecule has 0 amide bonds. The van der Waals surface area contributed by atoms with Crippen LogP contribution in [0.3, 0.4) is 0 Å². The lowest BCUT2D eigenvalue weighted by molar-refractivity contribution is 0.0981. The van der Waals surface area contributed by atoms with E-state index in [1.807, 2.05) is 0 Å². The number of rotatable bonds is 4. The molecule has 2 aliphatic rings. The third-order valence-corrected chi connectivity index (χ3v) is 4.52. The van der Waals surface area contributed by atoms with Crippen LogP contribution in [0.15, 0.2) is 24.3 Å². The molecule has 1 atom stereocenters. The van der Waals surface area contributed by atoms with Crippen molar-refractivity contribution in [2.45, 2.75) is 19.0 Å². The summed E-state index contributed by atoms with van der Waals surface area (Å²) in [6.45, 7) is 8.21. The Hall–Kier alpha value is -1.10. The molecule has 110 valence electrons. The van der Waals surface area contributed by atoms with E-state index in [1.54, 1.807) is 7.11 Å². The van der Waals surface area contributed by atoms with Gasteiger partial charge in [0.25, 0.3) is 0 Å². The van der Waals surface area contributed by atoms with E-state index < -0.39 is 0 Å². The van der Waals surface area contributed by atoms with E-state index >= 15 is 0 Å². The van der Waals surface area contributed by atoms with Gasteiger partial charge in [-0.1, -0.05) is 12.1 Å². The van der Waals surface area contributed by atoms with Crippen molar-refractivity contribution >= 4 is 0 Å². The van der Waals surface area contributed by atoms with Crippen LogP contribution in [0, 0.1) is 0 Å². The van der Waals surface area contributed by atoms with Crippen molar-refractivity contribution in [3.63, 3.8) is 0 Å². The molecule has 2 saturated heterocycles. The second-order valence-corrected chi connectivity index (χ2v) is 5.81. The highest BCUT2D eigenvalue weighted by Crippen LogP contribution is 2.16. The first-order valence-corrected chi connectivity index (χ1v) is 7.65. The van der Waals surface area contributed by atoms with Crippen molar-refractivity contribution in [2.75, 3.05) is 46.4 Å². The van der Waals surface area contributed by atoms with Crippen LogP contribution in [0.25, 0.3) is 0 Å². The maximum Gasteiger partial charge on any atom is 0.118 e. The monoisotopic (exact) mass is 275 g/mol. The summed E-state index contributed by atoms with van der Waals surface area (Å²) in [6.07, 6.45) is 1.32. The Bertz CT molecular complexity index is 406. The fourth-order valence-corrected chi connectivity index (χ4v) is 3.23. The minimum Gasteiger partial charge on any atom is -0.497 e. The van der Waals surface area contributed by atoms with Crippen LogP contribution < -0.4 is 10.1 Å². The van der Waals surface area contributed by atoms with Gasteiger partial charge in [0.15, 0.2) is 0 Å². The lowest BCUT2D eigenvalue weighted by Crippen LogP contribution is -2.50. The molecule has 2 aliphatic heterocycles. The molecule has 20 heavy (non-hydrogen) atoms. The number of nitrogens with zero attached hydrogens (tertiary/aromatic N) is 2. The smallest absolute Gasteiger partial charge is 0.118 e. The third-order valence-electron chi connectivity index (χ3n) is 4.52. The maximum atomic E-state index is 5.20. The summed E-state index contributed by atoms with van der Waals surface area (Å²) in [7, 11) is 1.71. The van der Waals surface area contributed by atoms with E-state index in [1.165, 1.54) is 51.3 Å². The van der Waals surface area contributed by atoms with Crippen molar-refractivity contribution < 1.29 is 4.74 Å². The molecule has 0 spiro atoms. The summed E-state index contributed by atoms with van der Waals surface area (Å²) >= 11 is 0. The lowest BCUT2D eigenvalue weighted by Gasteiger charge is -2.37. The molecule has 1 aromatic rings. The first kappa shape index (κ1) is 13.9. The zero-order chi connectivity index (χ0) is 13.8. The van der Waals surface area contributed by atoms with Gasteiger partial charge in [0.05, 0.1) is 7.11 Å². The van der Waals surface area contributed by atoms with Crippen LogP contribution in [-0.2, 0) is 6.54 Å². The SMILES string of the molecule is COc1ccc(CN2CCN(C3CCNC3)CC2)cc1. The molecular weight excluding hydrogens is 250 g/mol. The van der Waals surface area contributed by atoms with Gasteiger partial charge in [-0.25, -0.2) is 0 Å². The van der Waals surface area contributed by atoms with Gasteiger partial charge < -0.3 is 10.1 Å². The van der Waals surface area contributed by atoms with Crippen LogP contribution in [0.4, 0.5) is 0 Å². The van der Waals surface area contributed by atoms with E-state index in [0.29, 0.717) is 0 Å². The van der Waals surface area contributed by atoms with Crippen LogP contribution in [-0.4, -0.2) is 62.2 Å². The topological polar surface area (TPSA) is 27.7 Å². The quantitative estimate of drug-likeness (QED) is 0.893. The molecule has 1 aromatic carbocycles. The normalized spacial score (nSPS) is 24.9. The highest BCUT2D eigenvalue weighted by atomic mass is 16.5. The summed E-state index contributed by atoms with van der Waals surface area (Å²) in [5.41, 5.74) is 1.38. The zero-order valence-corrected chi connectivity index (χ0v) is 12.3. The Morgan fingerprint density at radius 1 is 1.15 bits per heavy atom. The number of benzene rings is 1. The molecule has 0 aliphatic carbocycles. The van der Waals surface area contributed by atoms with Gasteiger partial charge in [0, 0.05) is 45.3 Å².